The number of nitrogens with zero attached hydrogens (tertiary/aromatic N) is 3. The molecule has 0 saturated carbocycles. The number of fused-ring (bicyclic) bond motifs is 1. The number of hydrogen-bond acceptors (Lipinski definition) is 3. The predicted octanol–water partition coefficient (Wildman–Crippen LogP) is 2.06. The van der Waals surface area contributed by atoms with Gasteiger partial charge in [0.05, 0.1) is 17.6 Å². The zero-order valence-corrected chi connectivity index (χ0v) is 11.6. The second-order valence-electron chi connectivity index (χ2n) is 6.96. The Labute approximate surface area is 104 Å². The van der Waals surface area contributed by atoms with E-state index in [1.165, 1.54) is 0 Å². The number of imidazole rings is 1. The number of rotatable bonds is 1. The molecule has 0 spiro atoms. The van der Waals surface area contributed by atoms with E-state index in [2.05, 4.69) is 49.1 Å². The van der Waals surface area contributed by atoms with Crippen LogP contribution in [-0.2, 0) is 12.1 Å². The minimum Gasteiger partial charge on any atom is -0.382 e. The lowest BCUT2D eigenvalue weighted by Crippen LogP contribution is -2.48. The Bertz CT molecular complexity index is 412. The van der Waals surface area contributed by atoms with Gasteiger partial charge in [-0.25, -0.2) is 4.98 Å². The predicted molar refractivity (Wildman–Crippen MR) is 70.7 cm³/mol. The van der Waals surface area contributed by atoms with Gasteiger partial charge < -0.3 is 10.3 Å². The first-order valence-electron chi connectivity index (χ1n) is 6.24. The van der Waals surface area contributed by atoms with Crippen LogP contribution in [0.1, 0.15) is 40.3 Å². The van der Waals surface area contributed by atoms with Crippen LogP contribution >= 0.6 is 0 Å². The van der Waals surface area contributed by atoms with Gasteiger partial charge in [-0.05, 0) is 19.3 Å². The summed E-state index contributed by atoms with van der Waals surface area (Å²) in [5, 5.41) is 0. The van der Waals surface area contributed by atoms with Crippen molar-refractivity contribution in [3.63, 3.8) is 0 Å². The molecule has 17 heavy (non-hydrogen) atoms. The Morgan fingerprint density at radius 3 is 2.65 bits per heavy atom. The molecule has 1 aliphatic heterocycles. The van der Waals surface area contributed by atoms with Crippen LogP contribution in [0, 0.1) is 5.41 Å². The van der Waals surface area contributed by atoms with E-state index in [0.29, 0.717) is 11.2 Å². The fraction of sp³-hybridized carbons (Fsp3) is 0.769. The summed E-state index contributed by atoms with van der Waals surface area (Å²) < 4.78 is 2.22. The molecule has 4 heteroatoms. The maximum atomic E-state index is 5.95. The molecule has 4 nitrogen and oxygen atoms in total. The van der Waals surface area contributed by atoms with Gasteiger partial charge in [-0.3, -0.25) is 4.90 Å². The van der Waals surface area contributed by atoms with E-state index in [1.807, 2.05) is 6.33 Å². The van der Waals surface area contributed by atoms with E-state index in [4.69, 9.17) is 5.73 Å². The van der Waals surface area contributed by atoms with Crippen molar-refractivity contribution in [2.24, 2.45) is 5.41 Å². The molecular weight excluding hydrogens is 212 g/mol. The molecule has 0 fully saturated rings. The standard InChI is InChI=1S/C13H24N4/c1-12(2,3)7-16-6-10-11(14)15-9-17(10)13(4,5)8-16/h9H,6-8,14H2,1-5H3. The molecule has 2 heterocycles. The molecule has 1 aromatic heterocycles. The van der Waals surface area contributed by atoms with Crippen molar-refractivity contribution in [3.05, 3.63) is 12.0 Å². The van der Waals surface area contributed by atoms with E-state index in [-0.39, 0.29) is 5.54 Å². The maximum absolute atomic E-state index is 5.95. The Balaban J connectivity index is 2.27. The van der Waals surface area contributed by atoms with Gasteiger partial charge in [-0.1, -0.05) is 20.8 Å². The molecule has 0 amide bonds. The summed E-state index contributed by atoms with van der Waals surface area (Å²) >= 11 is 0. The molecule has 0 radical (unpaired) electrons. The Morgan fingerprint density at radius 2 is 2.06 bits per heavy atom. The molecule has 1 aromatic rings. The van der Waals surface area contributed by atoms with Crippen LogP contribution in [0.5, 0.6) is 0 Å². The van der Waals surface area contributed by atoms with Gasteiger partial charge in [0.1, 0.15) is 5.82 Å². The molecule has 2 N–H and O–H groups in total. The molecule has 0 aromatic carbocycles. The third-order valence-corrected chi connectivity index (χ3v) is 3.23. The number of nitrogen functional groups attached to an aromatic ring is 1. The van der Waals surface area contributed by atoms with Gasteiger partial charge in [-0.15, -0.1) is 0 Å². The van der Waals surface area contributed by atoms with Gasteiger partial charge in [0.2, 0.25) is 0 Å². The average molecular weight is 236 g/mol. The van der Waals surface area contributed by atoms with Crippen LogP contribution < -0.4 is 5.73 Å². The summed E-state index contributed by atoms with van der Waals surface area (Å²) in [5.74, 6) is 0.677. The lowest BCUT2D eigenvalue weighted by Gasteiger charge is -2.42. The first-order valence-corrected chi connectivity index (χ1v) is 6.24. The SMILES string of the molecule is CC(C)(C)CN1Cc2c(N)ncn2C(C)(C)C1. The Morgan fingerprint density at radius 1 is 1.41 bits per heavy atom. The highest BCUT2D eigenvalue weighted by atomic mass is 15.3. The maximum Gasteiger partial charge on any atom is 0.146 e. The third-order valence-electron chi connectivity index (χ3n) is 3.23. The van der Waals surface area contributed by atoms with E-state index >= 15 is 0 Å². The minimum atomic E-state index is 0.0729. The van der Waals surface area contributed by atoms with Crippen molar-refractivity contribution < 1.29 is 0 Å². The largest absolute Gasteiger partial charge is 0.382 e. The van der Waals surface area contributed by atoms with Crippen LogP contribution in [0.4, 0.5) is 5.82 Å². The van der Waals surface area contributed by atoms with Crippen molar-refractivity contribution >= 4 is 5.82 Å². The number of anilines is 1. The quantitative estimate of drug-likeness (QED) is 0.812. The highest BCUT2D eigenvalue weighted by Crippen LogP contribution is 2.30. The summed E-state index contributed by atoms with van der Waals surface area (Å²) in [4.78, 5) is 6.72. The van der Waals surface area contributed by atoms with Gasteiger partial charge in [0.15, 0.2) is 0 Å². The summed E-state index contributed by atoms with van der Waals surface area (Å²) in [7, 11) is 0. The summed E-state index contributed by atoms with van der Waals surface area (Å²) in [6, 6.07) is 0. The second-order valence-corrected chi connectivity index (χ2v) is 6.96. The zero-order valence-electron chi connectivity index (χ0n) is 11.6. The van der Waals surface area contributed by atoms with Crippen LogP contribution in [0.25, 0.3) is 0 Å². The Hall–Kier alpha value is -1.03. The number of nitrogens with two attached hydrogens (primary N) is 1. The van der Waals surface area contributed by atoms with Crippen LogP contribution in [-0.4, -0.2) is 27.5 Å². The molecule has 0 atom stereocenters. The highest BCUT2D eigenvalue weighted by molar-refractivity contribution is 5.36. The first-order chi connectivity index (χ1) is 7.69. The topological polar surface area (TPSA) is 47.1 Å². The smallest absolute Gasteiger partial charge is 0.146 e. The van der Waals surface area contributed by atoms with Crippen molar-refractivity contribution in [2.75, 3.05) is 18.8 Å². The first kappa shape index (κ1) is 12.4. The van der Waals surface area contributed by atoms with E-state index in [9.17, 15) is 0 Å². The van der Waals surface area contributed by atoms with Crippen LogP contribution in [0.3, 0.4) is 0 Å². The number of aromatic nitrogens is 2. The van der Waals surface area contributed by atoms with Crippen molar-refractivity contribution in [2.45, 2.75) is 46.7 Å². The lowest BCUT2D eigenvalue weighted by molar-refractivity contribution is 0.0978. The van der Waals surface area contributed by atoms with Gasteiger partial charge >= 0.3 is 0 Å². The Kier molecular flexibility index (Phi) is 2.73. The van der Waals surface area contributed by atoms with Crippen LogP contribution in [0.2, 0.25) is 0 Å². The van der Waals surface area contributed by atoms with Crippen molar-refractivity contribution in [1.29, 1.82) is 0 Å². The molecule has 0 bridgehead atoms. The van der Waals surface area contributed by atoms with Crippen molar-refractivity contribution in [3.8, 4) is 0 Å². The minimum absolute atomic E-state index is 0.0729. The summed E-state index contributed by atoms with van der Waals surface area (Å²) in [6.45, 7) is 14.3. The van der Waals surface area contributed by atoms with Crippen molar-refractivity contribution in [1.82, 2.24) is 14.5 Å². The van der Waals surface area contributed by atoms with E-state index < -0.39 is 0 Å². The fourth-order valence-electron chi connectivity index (χ4n) is 2.74. The normalized spacial score (nSPS) is 20.3. The van der Waals surface area contributed by atoms with E-state index in [1.54, 1.807) is 0 Å². The molecular formula is C13H24N4. The monoisotopic (exact) mass is 236 g/mol. The highest BCUT2D eigenvalue weighted by Gasteiger charge is 2.33. The number of hydrogen-bond donors (Lipinski definition) is 1. The van der Waals surface area contributed by atoms with Crippen LogP contribution in [0.15, 0.2) is 6.33 Å². The zero-order chi connectivity index (χ0) is 12.8. The fourth-order valence-corrected chi connectivity index (χ4v) is 2.74. The molecule has 0 aliphatic carbocycles. The molecule has 96 valence electrons. The van der Waals surface area contributed by atoms with Gasteiger partial charge in [0.25, 0.3) is 0 Å². The lowest BCUT2D eigenvalue weighted by atomic mass is 9.93. The molecule has 0 saturated heterocycles. The van der Waals surface area contributed by atoms with Gasteiger partial charge in [0, 0.05) is 19.6 Å². The van der Waals surface area contributed by atoms with Gasteiger partial charge in [-0.2, -0.15) is 0 Å². The average Bonchev–Trinajstić information content (AvgIpc) is 2.44. The van der Waals surface area contributed by atoms with E-state index in [0.717, 1.165) is 25.3 Å². The molecule has 2 rings (SSSR count). The second kappa shape index (κ2) is 3.73. The molecule has 1 aliphatic rings. The summed E-state index contributed by atoms with van der Waals surface area (Å²) in [5.41, 5.74) is 7.49. The summed E-state index contributed by atoms with van der Waals surface area (Å²) in [6.07, 6.45) is 1.87. The molecule has 0 unspecified atom stereocenters. The third kappa shape index (κ3) is 2.46.